The molecule has 0 heterocycles. The van der Waals surface area contributed by atoms with Crippen LogP contribution in [-0.2, 0) is 0 Å². The number of hydrogen-bond donors (Lipinski definition) is 0. The van der Waals surface area contributed by atoms with E-state index >= 15 is 0 Å². The summed E-state index contributed by atoms with van der Waals surface area (Å²) >= 11 is 0. The Morgan fingerprint density at radius 2 is 1.04 bits per heavy atom. The zero-order valence-electron chi connectivity index (χ0n) is 16.3. The molecule has 25 heavy (non-hydrogen) atoms. The van der Waals surface area contributed by atoms with Crippen LogP contribution in [0.3, 0.4) is 0 Å². The highest BCUT2D eigenvalue weighted by Gasteiger charge is 2.04. The lowest BCUT2D eigenvalue weighted by molar-refractivity contribution is 0.133. The van der Waals surface area contributed by atoms with Crippen molar-refractivity contribution in [2.45, 2.75) is 115 Å². The highest BCUT2D eigenvalue weighted by Crippen LogP contribution is 2.15. The Morgan fingerprint density at radius 3 is 1.56 bits per heavy atom. The van der Waals surface area contributed by atoms with E-state index in [-0.39, 0.29) is 31.9 Å². The molecular formula is C19H40F4Si2. The normalized spacial score (nSPS) is 14.0. The van der Waals surface area contributed by atoms with Crippen LogP contribution in [0.25, 0.3) is 0 Å². The minimum absolute atomic E-state index is 0.0596. The number of rotatable bonds is 19. The second-order valence-corrected chi connectivity index (χ2v) is 11.8. The van der Waals surface area contributed by atoms with E-state index in [9.17, 15) is 17.6 Å². The van der Waals surface area contributed by atoms with Gasteiger partial charge >= 0.3 is 0 Å². The lowest BCUT2D eigenvalue weighted by Gasteiger charge is -2.10. The van der Waals surface area contributed by atoms with Gasteiger partial charge in [-0.15, -0.1) is 0 Å². The van der Waals surface area contributed by atoms with Gasteiger partial charge in [0, 0.05) is 31.9 Å². The molecule has 0 N–H and O–H groups in total. The summed E-state index contributed by atoms with van der Waals surface area (Å²) in [6, 6.07) is 5.66. The van der Waals surface area contributed by atoms with Crippen molar-refractivity contribution in [1.29, 1.82) is 0 Å². The molecule has 0 saturated heterocycles. The van der Waals surface area contributed by atoms with Crippen LogP contribution in [0.15, 0.2) is 0 Å². The Morgan fingerprint density at radius 1 is 0.560 bits per heavy atom. The van der Waals surface area contributed by atoms with E-state index in [4.69, 9.17) is 0 Å². The molecule has 152 valence electrons. The van der Waals surface area contributed by atoms with Crippen molar-refractivity contribution < 1.29 is 17.6 Å². The molecule has 0 aliphatic heterocycles. The second kappa shape index (κ2) is 18.9. The van der Waals surface area contributed by atoms with Gasteiger partial charge in [-0.1, -0.05) is 76.0 Å². The van der Waals surface area contributed by atoms with Crippen LogP contribution >= 0.6 is 0 Å². The monoisotopic (exact) mass is 400 g/mol. The molecule has 0 amide bonds. The van der Waals surface area contributed by atoms with Crippen LogP contribution in [-0.4, -0.2) is 31.9 Å². The molecule has 0 aromatic rings. The van der Waals surface area contributed by atoms with Gasteiger partial charge in [-0.25, -0.2) is 17.6 Å². The van der Waals surface area contributed by atoms with Crippen molar-refractivity contribution in [1.82, 2.24) is 0 Å². The Balaban J connectivity index is 3.17. The average molecular weight is 401 g/mol. The van der Waals surface area contributed by atoms with Crippen LogP contribution in [0.2, 0.25) is 24.2 Å². The van der Waals surface area contributed by atoms with Gasteiger partial charge in [0.2, 0.25) is 12.9 Å². The first-order valence-electron chi connectivity index (χ1n) is 10.6. The number of halogens is 4. The molecule has 0 bridgehead atoms. The first-order valence-corrected chi connectivity index (χ1v) is 14.6. The lowest BCUT2D eigenvalue weighted by Crippen LogP contribution is -2.02. The molecule has 0 aromatic carbocycles. The van der Waals surface area contributed by atoms with Crippen molar-refractivity contribution in [3.05, 3.63) is 0 Å². The predicted octanol–water partition coefficient (Wildman–Crippen LogP) is 6.45. The topological polar surface area (TPSA) is 0 Å². The highest BCUT2D eigenvalue weighted by atomic mass is 28.2. The molecule has 0 radical (unpaired) electrons. The SMILES string of the molecule is CC(CC[SiH2]CCCCCCC(F)F)C[SiH2]CCCCCCC(F)F. The quantitative estimate of drug-likeness (QED) is 0.133. The Labute approximate surface area is 157 Å². The fourth-order valence-electron chi connectivity index (χ4n) is 3.32. The predicted molar refractivity (Wildman–Crippen MR) is 108 cm³/mol. The molecule has 0 rings (SSSR count). The summed E-state index contributed by atoms with van der Waals surface area (Å²) in [6.07, 6.45) is 5.41. The standard InChI is InChI=1S/C19H40F4Si2/c1-17(16-25-14-9-5-3-7-11-19(22)23)12-15-24-13-8-4-2-6-10-18(20)21/h17-19H,2-16,24-25H2,1H3. The first kappa shape index (κ1) is 25.2. The van der Waals surface area contributed by atoms with E-state index in [1.165, 1.54) is 43.4 Å². The molecule has 0 aliphatic carbocycles. The maximum absolute atomic E-state index is 12.0. The van der Waals surface area contributed by atoms with Crippen LogP contribution in [0.5, 0.6) is 0 Å². The van der Waals surface area contributed by atoms with Crippen LogP contribution in [0, 0.1) is 5.92 Å². The summed E-state index contributed by atoms with van der Waals surface area (Å²) in [7, 11) is 0.135. The van der Waals surface area contributed by atoms with Crippen LogP contribution in [0.4, 0.5) is 17.6 Å². The summed E-state index contributed by atoms with van der Waals surface area (Å²) in [5.41, 5.74) is 0. The van der Waals surface area contributed by atoms with Gasteiger partial charge in [-0.3, -0.25) is 0 Å². The van der Waals surface area contributed by atoms with E-state index < -0.39 is 12.9 Å². The zero-order valence-corrected chi connectivity index (χ0v) is 19.1. The van der Waals surface area contributed by atoms with Crippen molar-refractivity contribution in [2.24, 2.45) is 5.92 Å². The smallest absolute Gasteiger partial charge is 0.211 e. The largest absolute Gasteiger partial charge is 0.238 e. The van der Waals surface area contributed by atoms with E-state index in [0.717, 1.165) is 31.6 Å². The fraction of sp³-hybridized carbons (Fsp3) is 1.00. The van der Waals surface area contributed by atoms with Crippen molar-refractivity contribution >= 4 is 19.0 Å². The fourth-order valence-corrected chi connectivity index (χ4v) is 7.35. The molecule has 0 fully saturated rings. The Kier molecular flexibility index (Phi) is 19.0. The maximum atomic E-state index is 12.0. The summed E-state index contributed by atoms with van der Waals surface area (Å²) in [6.45, 7) is 2.38. The van der Waals surface area contributed by atoms with E-state index in [0.29, 0.717) is 12.8 Å². The van der Waals surface area contributed by atoms with E-state index in [1.54, 1.807) is 0 Å². The molecule has 0 aliphatic rings. The van der Waals surface area contributed by atoms with Crippen LogP contribution in [0.1, 0.15) is 77.6 Å². The van der Waals surface area contributed by atoms with Crippen LogP contribution < -0.4 is 0 Å². The molecule has 1 unspecified atom stereocenters. The molecule has 6 heteroatoms. The Hall–Kier alpha value is 0.154. The van der Waals surface area contributed by atoms with Gasteiger partial charge in [0.1, 0.15) is 0 Å². The third-order valence-electron chi connectivity index (χ3n) is 4.99. The van der Waals surface area contributed by atoms with E-state index in [1.807, 2.05) is 0 Å². The Bertz CT molecular complexity index is 266. The molecule has 0 saturated carbocycles. The van der Waals surface area contributed by atoms with Gasteiger partial charge in [-0.2, -0.15) is 0 Å². The van der Waals surface area contributed by atoms with Gasteiger partial charge in [0.15, 0.2) is 0 Å². The van der Waals surface area contributed by atoms with Crippen molar-refractivity contribution in [2.75, 3.05) is 0 Å². The zero-order chi connectivity index (χ0) is 18.8. The number of alkyl halides is 4. The summed E-state index contributed by atoms with van der Waals surface area (Å²) in [5, 5.41) is 0. The maximum Gasteiger partial charge on any atom is 0.238 e. The van der Waals surface area contributed by atoms with Crippen molar-refractivity contribution in [3.63, 3.8) is 0 Å². The molecule has 0 nitrogen and oxygen atoms in total. The van der Waals surface area contributed by atoms with Gasteiger partial charge in [0.25, 0.3) is 0 Å². The van der Waals surface area contributed by atoms with Crippen molar-refractivity contribution in [3.8, 4) is 0 Å². The minimum Gasteiger partial charge on any atom is -0.211 e. The average Bonchev–Trinajstić information content (AvgIpc) is 2.55. The summed E-state index contributed by atoms with van der Waals surface area (Å²) < 4.78 is 47.9. The van der Waals surface area contributed by atoms with Gasteiger partial charge in [-0.05, 0) is 18.8 Å². The van der Waals surface area contributed by atoms with E-state index in [2.05, 4.69) is 6.92 Å². The lowest BCUT2D eigenvalue weighted by atomic mass is 10.1. The third kappa shape index (κ3) is 22.1. The molecular weight excluding hydrogens is 360 g/mol. The molecule has 0 spiro atoms. The molecule has 1 atom stereocenters. The van der Waals surface area contributed by atoms with Gasteiger partial charge < -0.3 is 0 Å². The summed E-state index contributed by atoms with van der Waals surface area (Å²) in [5.74, 6) is 0.879. The number of unbranched alkanes of at least 4 members (excludes halogenated alkanes) is 6. The second-order valence-electron chi connectivity index (χ2n) is 7.64. The molecule has 0 aromatic heterocycles. The minimum atomic E-state index is -2.12. The summed E-state index contributed by atoms with van der Waals surface area (Å²) in [4.78, 5) is 0. The third-order valence-corrected chi connectivity index (χ3v) is 9.29. The highest BCUT2D eigenvalue weighted by molar-refractivity contribution is 6.36. The van der Waals surface area contributed by atoms with Gasteiger partial charge in [0.05, 0.1) is 0 Å². The first-order chi connectivity index (χ1) is 12.0. The number of hydrogen-bond acceptors (Lipinski definition) is 0.